The number of carbonyl (C=O) groups is 1. The van der Waals surface area contributed by atoms with Gasteiger partial charge in [0, 0.05) is 32.0 Å². The first kappa shape index (κ1) is 15.3. The number of hydrogen-bond donors (Lipinski definition) is 2. The molecule has 0 unspecified atom stereocenters. The number of nitrogens with two attached hydrogens (primary N) is 1. The molecule has 0 fully saturated rings. The van der Waals surface area contributed by atoms with E-state index in [1.165, 1.54) is 6.42 Å². The third kappa shape index (κ3) is 4.81. The molecule has 0 saturated carbocycles. The zero-order valence-electron chi connectivity index (χ0n) is 12.4. The number of nitrogens with zero attached hydrogens (tertiary/aromatic N) is 1. The Morgan fingerprint density at radius 2 is 2.05 bits per heavy atom. The number of anilines is 2. The average Bonchev–Trinajstić information content (AvgIpc) is 2.33. The number of nitrogens with one attached hydrogen (secondary N) is 1. The molecule has 0 aromatic heterocycles. The quantitative estimate of drug-likeness (QED) is 0.613. The molecule has 0 saturated heterocycles. The van der Waals surface area contributed by atoms with Crippen LogP contribution in [0.25, 0.3) is 0 Å². The molecule has 0 spiro atoms. The van der Waals surface area contributed by atoms with Crippen LogP contribution in [-0.4, -0.2) is 31.4 Å². The lowest BCUT2D eigenvalue weighted by molar-refractivity contribution is 0.0828. The van der Waals surface area contributed by atoms with Crippen molar-refractivity contribution in [2.75, 3.05) is 31.7 Å². The fraction of sp³-hybridized carbons (Fsp3) is 0.533. The summed E-state index contributed by atoms with van der Waals surface area (Å²) >= 11 is 0. The zero-order valence-corrected chi connectivity index (χ0v) is 12.4. The zero-order chi connectivity index (χ0) is 14.4. The van der Waals surface area contributed by atoms with Gasteiger partial charge in [-0.05, 0) is 37.0 Å². The van der Waals surface area contributed by atoms with Crippen molar-refractivity contribution in [2.45, 2.75) is 26.7 Å². The van der Waals surface area contributed by atoms with E-state index in [2.05, 4.69) is 19.2 Å². The van der Waals surface area contributed by atoms with Crippen LogP contribution in [0.3, 0.4) is 0 Å². The van der Waals surface area contributed by atoms with Crippen molar-refractivity contribution < 1.29 is 4.79 Å². The first-order chi connectivity index (χ1) is 8.91. The second-order valence-corrected chi connectivity index (χ2v) is 5.47. The lowest BCUT2D eigenvalue weighted by Gasteiger charge is -2.16. The monoisotopic (exact) mass is 263 g/mol. The van der Waals surface area contributed by atoms with Gasteiger partial charge in [0.05, 0.1) is 5.56 Å². The Kier molecular flexibility index (Phi) is 5.67. The lowest BCUT2D eigenvalue weighted by atomic mass is 10.1. The van der Waals surface area contributed by atoms with Gasteiger partial charge in [0.15, 0.2) is 0 Å². The maximum Gasteiger partial charge on any atom is 0.255 e. The van der Waals surface area contributed by atoms with Gasteiger partial charge in [0.2, 0.25) is 0 Å². The summed E-state index contributed by atoms with van der Waals surface area (Å²) in [7, 11) is 3.50. The van der Waals surface area contributed by atoms with E-state index >= 15 is 0 Å². The average molecular weight is 263 g/mol. The molecule has 0 bridgehead atoms. The van der Waals surface area contributed by atoms with Crippen molar-refractivity contribution in [3.63, 3.8) is 0 Å². The molecule has 4 nitrogen and oxygen atoms in total. The van der Waals surface area contributed by atoms with E-state index in [4.69, 9.17) is 5.73 Å². The van der Waals surface area contributed by atoms with Crippen molar-refractivity contribution >= 4 is 17.3 Å². The summed E-state index contributed by atoms with van der Waals surface area (Å²) in [4.78, 5) is 13.6. The smallest absolute Gasteiger partial charge is 0.255 e. The molecule has 0 aliphatic carbocycles. The van der Waals surface area contributed by atoms with Gasteiger partial charge < -0.3 is 16.0 Å². The van der Waals surface area contributed by atoms with E-state index in [1.807, 2.05) is 6.07 Å². The topological polar surface area (TPSA) is 58.4 Å². The summed E-state index contributed by atoms with van der Waals surface area (Å²) in [5.41, 5.74) is 7.95. The summed E-state index contributed by atoms with van der Waals surface area (Å²) in [6.45, 7) is 5.28. The highest BCUT2D eigenvalue weighted by Crippen LogP contribution is 2.20. The van der Waals surface area contributed by atoms with Crippen LogP contribution in [0.15, 0.2) is 18.2 Å². The Bertz CT molecular complexity index is 427. The third-order valence-electron chi connectivity index (χ3n) is 2.95. The molecule has 0 aliphatic heterocycles. The van der Waals surface area contributed by atoms with Gasteiger partial charge in [-0.1, -0.05) is 13.8 Å². The molecule has 1 aromatic carbocycles. The predicted molar refractivity (Wildman–Crippen MR) is 81.4 cm³/mol. The van der Waals surface area contributed by atoms with Crippen molar-refractivity contribution in [1.29, 1.82) is 0 Å². The lowest BCUT2D eigenvalue weighted by Crippen LogP contribution is -2.23. The van der Waals surface area contributed by atoms with E-state index in [9.17, 15) is 4.79 Å². The number of hydrogen-bond acceptors (Lipinski definition) is 3. The number of carbonyl (C=O) groups excluding carboxylic acids is 1. The van der Waals surface area contributed by atoms with E-state index in [0.29, 0.717) is 17.2 Å². The molecule has 0 aliphatic rings. The second kappa shape index (κ2) is 7.02. The first-order valence-electron chi connectivity index (χ1n) is 6.77. The van der Waals surface area contributed by atoms with Crippen LogP contribution >= 0.6 is 0 Å². The van der Waals surface area contributed by atoms with Crippen LogP contribution in [0.5, 0.6) is 0 Å². The number of amides is 1. The molecule has 1 aromatic rings. The molecule has 19 heavy (non-hydrogen) atoms. The molecule has 1 rings (SSSR count). The van der Waals surface area contributed by atoms with Crippen molar-refractivity contribution in [1.82, 2.24) is 4.90 Å². The fourth-order valence-electron chi connectivity index (χ4n) is 1.87. The van der Waals surface area contributed by atoms with E-state index in [-0.39, 0.29) is 5.91 Å². The van der Waals surface area contributed by atoms with Crippen molar-refractivity contribution in [2.24, 2.45) is 5.92 Å². The molecule has 1 amide bonds. The molecule has 4 heteroatoms. The normalized spacial score (nSPS) is 10.6. The molecule has 106 valence electrons. The third-order valence-corrected chi connectivity index (χ3v) is 2.95. The molecular weight excluding hydrogens is 238 g/mol. The van der Waals surface area contributed by atoms with Gasteiger partial charge >= 0.3 is 0 Å². The fourth-order valence-corrected chi connectivity index (χ4v) is 1.87. The Morgan fingerprint density at radius 3 is 2.63 bits per heavy atom. The van der Waals surface area contributed by atoms with Gasteiger partial charge in [0.1, 0.15) is 0 Å². The number of benzene rings is 1. The van der Waals surface area contributed by atoms with Crippen LogP contribution in [0.4, 0.5) is 11.4 Å². The highest BCUT2D eigenvalue weighted by molar-refractivity contribution is 5.99. The Hall–Kier alpha value is -1.71. The highest BCUT2D eigenvalue weighted by Gasteiger charge is 2.13. The maximum absolute atomic E-state index is 12.1. The molecule has 0 atom stereocenters. The minimum Gasteiger partial charge on any atom is -0.399 e. The van der Waals surface area contributed by atoms with Crippen LogP contribution in [0.1, 0.15) is 37.0 Å². The number of rotatable bonds is 6. The Morgan fingerprint density at radius 1 is 1.37 bits per heavy atom. The summed E-state index contributed by atoms with van der Waals surface area (Å²) in [5, 5.41) is 3.32. The summed E-state index contributed by atoms with van der Waals surface area (Å²) in [6, 6.07) is 5.37. The van der Waals surface area contributed by atoms with Gasteiger partial charge in [-0.25, -0.2) is 0 Å². The SMILES string of the molecule is CC(C)CCCNc1cc(N)ccc1C(=O)N(C)C. The summed E-state index contributed by atoms with van der Waals surface area (Å²) in [6.07, 6.45) is 2.26. The van der Waals surface area contributed by atoms with E-state index in [0.717, 1.165) is 18.7 Å². The first-order valence-corrected chi connectivity index (χ1v) is 6.77. The molecule has 0 radical (unpaired) electrons. The van der Waals surface area contributed by atoms with E-state index < -0.39 is 0 Å². The molecular formula is C15H25N3O. The van der Waals surface area contributed by atoms with Crippen LogP contribution in [-0.2, 0) is 0 Å². The maximum atomic E-state index is 12.1. The summed E-state index contributed by atoms with van der Waals surface area (Å²) < 4.78 is 0. The molecule has 0 heterocycles. The minimum absolute atomic E-state index is 0.00800. The van der Waals surface area contributed by atoms with Gasteiger partial charge in [-0.15, -0.1) is 0 Å². The minimum atomic E-state index is -0.00800. The Balaban J connectivity index is 2.74. The van der Waals surface area contributed by atoms with E-state index in [1.54, 1.807) is 31.1 Å². The molecule has 3 N–H and O–H groups in total. The number of nitrogen functional groups attached to an aromatic ring is 1. The standard InChI is InChI=1S/C15H25N3O/c1-11(2)6-5-9-17-14-10-12(16)7-8-13(14)15(19)18(3)4/h7-8,10-11,17H,5-6,9,16H2,1-4H3. The van der Waals surface area contributed by atoms with Gasteiger partial charge in [0.25, 0.3) is 5.91 Å². The van der Waals surface area contributed by atoms with Crippen molar-refractivity contribution in [3.05, 3.63) is 23.8 Å². The largest absolute Gasteiger partial charge is 0.399 e. The van der Waals surface area contributed by atoms with Crippen LogP contribution in [0.2, 0.25) is 0 Å². The second-order valence-electron chi connectivity index (χ2n) is 5.47. The van der Waals surface area contributed by atoms with Gasteiger partial charge in [-0.2, -0.15) is 0 Å². The van der Waals surface area contributed by atoms with Gasteiger partial charge in [-0.3, -0.25) is 4.79 Å². The predicted octanol–water partition coefficient (Wildman–Crippen LogP) is 2.82. The highest BCUT2D eigenvalue weighted by atomic mass is 16.2. The van der Waals surface area contributed by atoms with Crippen LogP contribution < -0.4 is 11.1 Å². The summed E-state index contributed by atoms with van der Waals surface area (Å²) in [5.74, 6) is 0.692. The Labute approximate surface area is 116 Å². The van der Waals surface area contributed by atoms with Crippen LogP contribution in [0, 0.1) is 5.92 Å². The van der Waals surface area contributed by atoms with Crippen molar-refractivity contribution in [3.8, 4) is 0 Å².